The van der Waals surface area contributed by atoms with Crippen LogP contribution in [0.15, 0.2) is 54.1 Å². The first-order valence-corrected chi connectivity index (χ1v) is 37.1. The predicted octanol–water partition coefficient (Wildman–Crippen LogP) is -2.10. The SMILES string of the molecule is CC[C@H](C(=O)N[C@@H](CC(=O)N[C@H](C(=O)C[C@@H](CSSCCOC(=O)CNC(=O)[C@@]1(O)[C@H](O)[C@]2(CC)C=CCN3CC[C@@]4(c5cc([C@@]6(C(=O)OC)C[C@@H]7CN(CCC8=C6Cc6ccccc68)C[C@](O)(CC)C7)c(OC)cc5N(C)[C@@H]14)[C@@H]32)C(=O)O)[C@@H](O)[C@H](O)[C@H](O)CO)C(=O)O)[C@@H](O)[C@H](O)[C@H](O)CO. The van der Waals surface area contributed by atoms with Gasteiger partial charge < -0.3 is 101 Å². The molecule has 2 bridgehead atoms. The number of carbonyl (C=O) groups is 8. The average molecular weight is 1470 g/mol. The summed E-state index contributed by atoms with van der Waals surface area (Å²) in [5.74, 6) is -13.0. The van der Waals surface area contributed by atoms with Gasteiger partial charge >= 0.3 is 23.9 Å². The molecule has 2 aliphatic carbocycles. The summed E-state index contributed by atoms with van der Waals surface area (Å²) in [6, 6.07) is 5.97. The molecule has 20 atom stereocenters. The number of aliphatic hydroxyl groups excluding tert-OH is 9. The third kappa shape index (κ3) is 14.7. The highest BCUT2D eigenvalue weighted by Crippen LogP contribution is 2.68. The second-order valence-corrected chi connectivity index (χ2v) is 30.9. The minimum absolute atomic E-state index is 0.00551. The third-order valence-electron chi connectivity index (χ3n) is 22.6. The first-order chi connectivity index (χ1) is 48.4. The number of esters is 2. The van der Waals surface area contributed by atoms with Gasteiger partial charge in [0.2, 0.25) is 11.8 Å². The molecule has 5 heterocycles. The lowest BCUT2D eigenvalue weighted by Crippen LogP contribution is -2.81. The number of anilines is 1. The number of methoxy groups -OCH3 is 2. The first kappa shape index (κ1) is 79.8. The van der Waals surface area contributed by atoms with Crippen molar-refractivity contribution in [3.63, 3.8) is 0 Å². The van der Waals surface area contributed by atoms with Gasteiger partial charge in [-0.25, -0.2) is 4.79 Å². The van der Waals surface area contributed by atoms with Crippen molar-refractivity contribution < 1.29 is 119 Å². The smallest absolute Gasteiger partial charge is 0.326 e. The van der Waals surface area contributed by atoms with E-state index in [1.165, 1.54) is 21.1 Å². The molecular weight excluding hydrogens is 1370 g/mol. The van der Waals surface area contributed by atoms with Crippen LogP contribution in [0, 0.1) is 23.2 Å². The molecule has 0 aromatic heterocycles. The van der Waals surface area contributed by atoms with Gasteiger partial charge in [-0.15, -0.1) is 0 Å². The molecule has 5 aliphatic heterocycles. The molecular formula is C70H98N6O24S2. The highest BCUT2D eigenvalue weighted by atomic mass is 33.1. The number of piperidine rings is 1. The molecule has 32 heteroatoms. The van der Waals surface area contributed by atoms with E-state index in [0.717, 1.165) is 49.4 Å². The van der Waals surface area contributed by atoms with Crippen molar-refractivity contribution in [2.24, 2.45) is 23.2 Å². The van der Waals surface area contributed by atoms with Crippen LogP contribution in [-0.2, 0) is 65.1 Å². The van der Waals surface area contributed by atoms with Crippen LogP contribution in [0.25, 0.3) is 5.57 Å². The maximum Gasteiger partial charge on any atom is 0.326 e. The van der Waals surface area contributed by atoms with Crippen molar-refractivity contribution in [3.8, 4) is 5.75 Å². The van der Waals surface area contributed by atoms with E-state index >= 15 is 9.59 Å². The largest absolute Gasteiger partial charge is 0.496 e. The van der Waals surface area contributed by atoms with Crippen molar-refractivity contribution in [2.45, 2.75) is 174 Å². The van der Waals surface area contributed by atoms with E-state index < -0.39 is 186 Å². The van der Waals surface area contributed by atoms with Gasteiger partial charge in [-0.1, -0.05) is 78.8 Å². The summed E-state index contributed by atoms with van der Waals surface area (Å²) in [7, 11) is 6.57. The third-order valence-corrected chi connectivity index (χ3v) is 25.0. The topological polar surface area (TPSA) is 473 Å². The lowest BCUT2D eigenvalue weighted by Gasteiger charge is -2.63. The fourth-order valence-electron chi connectivity index (χ4n) is 17.7. The molecule has 16 N–H and O–H groups in total. The second-order valence-electron chi connectivity index (χ2n) is 28.2. The Bertz CT molecular complexity index is 3530. The minimum atomic E-state index is -2.64. The molecule has 3 fully saturated rings. The highest BCUT2D eigenvalue weighted by Gasteiger charge is 2.79. The van der Waals surface area contributed by atoms with Gasteiger partial charge in [-0.05, 0) is 97.7 Å². The van der Waals surface area contributed by atoms with E-state index in [4.69, 9.17) is 14.2 Å². The Morgan fingerprint density at radius 2 is 1.50 bits per heavy atom. The summed E-state index contributed by atoms with van der Waals surface area (Å²) in [4.78, 5) is 116. The van der Waals surface area contributed by atoms with Gasteiger partial charge in [0, 0.05) is 85.3 Å². The number of nitrogens with one attached hydrogen (secondary N) is 3. The number of carboxylic acid groups (broad SMARTS) is 2. The van der Waals surface area contributed by atoms with Crippen LogP contribution in [0.3, 0.4) is 0 Å². The Balaban J connectivity index is 0.896. The molecule has 564 valence electrons. The number of amides is 3. The quantitative estimate of drug-likeness (QED) is 0.0157. The molecule has 9 rings (SSSR count). The number of rotatable bonds is 33. The molecule has 2 saturated heterocycles. The van der Waals surface area contributed by atoms with Crippen LogP contribution in [-0.4, -0.2) is 294 Å². The monoisotopic (exact) mass is 1470 g/mol. The van der Waals surface area contributed by atoms with E-state index in [9.17, 15) is 95.2 Å². The molecule has 3 amide bonds. The van der Waals surface area contributed by atoms with Gasteiger partial charge in [-0.2, -0.15) is 0 Å². The highest BCUT2D eigenvalue weighted by molar-refractivity contribution is 8.76. The number of ether oxygens (including phenoxy) is 3. The molecule has 1 saturated carbocycles. The van der Waals surface area contributed by atoms with E-state index in [-0.39, 0.29) is 43.3 Å². The number of hydrogen-bond acceptors (Lipinski definition) is 27. The molecule has 1 unspecified atom stereocenters. The Kier molecular flexibility index (Phi) is 25.5. The van der Waals surface area contributed by atoms with Crippen LogP contribution in [0.1, 0.15) is 101 Å². The van der Waals surface area contributed by atoms with Crippen molar-refractivity contribution in [1.82, 2.24) is 25.8 Å². The average Bonchev–Trinajstić information content (AvgIpc) is 1.46. The number of carbonyl (C=O) groups excluding carboxylic acids is 6. The van der Waals surface area contributed by atoms with Crippen molar-refractivity contribution in [1.29, 1.82) is 0 Å². The van der Waals surface area contributed by atoms with Crippen LogP contribution in [0.4, 0.5) is 5.69 Å². The Morgan fingerprint density at radius 1 is 0.804 bits per heavy atom. The zero-order valence-electron chi connectivity index (χ0n) is 58.0. The fourth-order valence-corrected chi connectivity index (χ4v) is 19.8. The summed E-state index contributed by atoms with van der Waals surface area (Å²) >= 11 is 0. The van der Waals surface area contributed by atoms with Crippen LogP contribution < -0.4 is 25.6 Å². The van der Waals surface area contributed by atoms with Crippen molar-refractivity contribution in [3.05, 3.63) is 76.4 Å². The summed E-state index contributed by atoms with van der Waals surface area (Å²) in [5, 5.41) is 146. The second kappa shape index (κ2) is 32.6. The zero-order chi connectivity index (χ0) is 74.7. The fraction of sp³-hybridized carbons (Fsp3) is 0.657. The summed E-state index contributed by atoms with van der Waals surface area (Å²) in [6.45, 7) is 4.77. The number of ketones is 1. The number of fused-ring (bicyclic) bond motifs is 5. The predicted molar refractivity (Wildman–Crippen MR) is 369 cm³/mol. The van der Waals surface area contributed by atoms with Gasteiger partial charge in [0.15, 0.2) is 11.4 Å². The Morgan fingerprint density at radius 3 is 2.14 bits per heavy atom. The Labute approximate surface area is 598 Å². The molecule has 102 heavy (non-hydrogen) atoms. The van der Waals surface area contributed by atoms with E-state index in [1.54, 1.807) is 11.9 Å². The molecule has 2 aromatic rings. The Hall–Kier alpha value is -6.34. The summed E-state index contributed by atoms with van der Waals surface area (Å²) in [6.07, 6.45) is -10.2. The van der Waals surface area contributed by atoms with Crippen molar-refractivity contribution >= 4 is 80.2 Å². The molecule has 30 nitrogen and oxygen atoms in total. The zero-order valence-corrected chi connectivity index (χ0v) is 59.6. The molecule has 2 aromatic carbocycles. The number of aliphatic hydroxyl groups is 11. The van der Waals surface area contributed by atoms with Crippen LogP contribution >= 0.6 is 21.6 Å². The number of aliphatic carboxylic acids is 2. The van der Waals surface area contributed by atoms with Gasteiger partial charge in [0.05, 0.1) is 63.4 Å². The maximum atomic E-state index is 15.6. The number of carboxylic acids is 2. The van der Waals surface area contributed by atoms with Crippen LogP contribution in [0.2, 0.25) is 0 Å². The minimum Gasteiger partial charge on any atom is -0.496 e. The summed E-state index contributed by atoms with van der Waals surface area (Å²) in [5.41, 5.74) is -1.63. The number of hydrogen-bond donors (Lipinski definition) is 16. The lowest BCUT2D eigenvalue weighted by atomic mass is 9.47. The van der Waals surface area contributed by atoms with Gasteiger partial charge in [0.1, 0.15) is 73.0 Å². The van der Waals surface area contributed by atoms with Crippen molar-refractivity contribution in [2.75, 3.05) is 96.8 Å². The standard InChI is InChI=1S/C70H98N6O24S2/c1-7-39(54(84)55(85)48(80)32-77)58(88)72-45(60(91)92)26-51(82)73-53(57(87)56(86)49(81)33-78)47(79)24-38(59(89)90)34-102-101-22-21-100-52(83)30-71-64(94)70(97)62-68(17-20-76-18-12-16-67(9-3,61(68)76)63(70)93)43-25-44(50(98-5)27-46(43)74(62)4)69(65(95)99-6)29-36-28-66(96,8-2)35-75(31-36)19-15-41-40-14-11-10-13-37(40)23-42(41)69/h10-14,16,25,27,36,38-39,45,48-49,53-57,61-63,77-78,80-81,84-87,93,96-97H,7-9,15,17-24,26,28-35H2,1-6H3,(H,71,94)(H,72,88)(H,73,82)(H,89,90)(H,91,92)/t36-,38+,39+,45+,48-,49-,53-,54-,55-,56-,57-,61+,62-,63-,66+,67-,68-,69-,70+/m1/s1. The van der Waals surface area contributed by atoms with E-state index in [1.807, 2.05) is 60.9 Å². The normalized spacial score (nSPS) is 29.9. The summed E-state index contributed by atoms with van der Waals surface area (Å²) < 4.78 is 17.9. The van der Waals surface area contributed by atoms with E-state index in [0.29, 0.717) is 81.8 Å². The van der Waals surface area contributed by atoms with Gasteiger partial charge in [0.25, 0.3) is 5.91 Å². The molecule has 7 aliphatic rings. The molecule has 0 radical (unpaired) electrons. The van der Waals surface area contributed by atoms with Crippen LogP contribution in [0.5, 0.6) is 5.75 Å². The van der Waals surface area contributed by atoms with E-state index in [2.05, 4.69) is 27.2 Å². The number of benzene rings is 2. The number of Topliss-reactive ketones (excluding diaryl/α,β-unsaturated/α-hetero) is 1. The number of nitrogens with zero attached hydrogens (tertiary/aromatic N) is 3. The number of likely N-dealkylation sites (N-methyl/N-ethyl adjacent to an activating group) is 1. The first-order valence-electron chi connectivity index (χ1n) is 34.6. The maximum absolute atomic E-state index is 15.6. The molecule has 1 spiro atoms. The van der Waals surface area contributed by atoms with Gasteiger partial charge in [-0.3, -0.25) is 43.4 Å². The lowest BCUT2D eigenvalue weighted by molar-refractivity contribution is -0.203.